The van der Waals surface area contributed by atoms with Crippen molar-refractivity contribution in [3.63, 3.8) is 0 Å². The summed E-state index contributed by atoms with van der Waals surface area (Å²) in [5.41, 5.74) is 3.87. The summed E-state index contributed by atoms with van der Waals surface area (Å²) < 4.78 is 0.804. The first-order chi connectivity index (χ1) is 11.8. The van der Waals surface area contributed by atoms with Gasteiger partial charge >= 0.3 is 0 Å². The van der Waals surface area contributed by atoms with Crippen molar-refractivity contribution in [2.45, 2.75) is 0 Å². The molecule has 0 aliphatic carbocycles. The van der Waals surface area contributed by atoms with Crippen LogP contribution in [0.1, 0.15) is 0 Å². The number of rotatable bonds is 2. The Hall–Kier alpha value is -2.65. The van der Waals surface area contributed by atoms with Gasteiger partial charge in [0.25, 0.3) is 5.56 Å². The summed E-state index contributed by atoms with van der Waals surface area (Å²) in [6.45, 7) is 0. The van der Waals surface area contributed by atoms with Gasteiger partial charge in [0.15, 0.2) is 0 Å². The van der Waals surface area contributed by atoms with Gasteiger partial charge in [-0.1, -0.05) is 72.8 Å². The lowest BCUT2D eigenvalue weighted by molar-refractivity contribution is 1.27. The molecule has 1 N–H and O–H groups in total. The fraction of sp³-hybridized carbons (Fsp3) is 0. The number of fused-ring (bicyclic) bond motifs is 1. The molecule has 4 rings (SSSR count). The topological polar surface area (TPSA) is 32.9 Å². The maximum atomic E-state index is 12.7. The fourth-order valence-electron chi connectivity index (χ4n) is 3.06. The number of aromatic amines is 1. The van der Waals surface area contributed by atoms with Gasteiger partial charge in [-0.15, -0.1) is 0 Å². The van der Waals surface area contributed by atoms with Crippen LogP contribution in [0.4, 0.5) is 0 Å². The van der Waals surface area contributed by atoms with Crippen molar-refractivity contribution in [1.29, 1.82) is 0 Å². The molecule has 3 aromatic carbocycles. The zero-order valence-corrected chi connectivity index (χ0v) is 14.4. The molecule has 0 saturated heterocycles. The third kappa shape index (κ3) is 2.47. The van der Waals surface area contributed by atoms with Gasteiger partial charge < -0.3 is 4.98 Å². The lowest BCUT2D eigenvalue weighted by Crippen LogP contribution is -2.10. The van der Waals surface area contributed by atoms with E-state index in [9.17, 15) is 4.79 Å². The second kappa shape index (κ2) is 6.10. The number of hydrogen-bond donors (Lipinski definition) is 1. The van der Waals surface area contributed by atoms with Gasteiger partial charge in [0.2, 0.25) is 0 Å². The number of benzene rings is 3. The van der Waals surface area contributed by atoms with Crippen LogP contribution < -0.4 is 5.56 Å². The number of aromatic nitrogens is 1. The standard InChI is InChI=1S/C21H14BrNO/c22-17-13-7-12-16-18(14-8-3-1-4-9-14)20(23-21(24)19(16)17)15-10-5-2-6-11-15/h1-13H,(H,23,24). The first-order valence-electron chi connectivity index (χ1n) is 7.71. The summed E-state index contributed by atoms with van der Waals surface area (Å²) in [7, 11) is 0. The molecular weight excluding hydrogens is 362 g/mol. The van der Waals surface area contributed by atoms with E-state index < -0.39 is 0 Å². The molecular formula is C21H14BrNO. The van der Waals surface area contributed by atoms with Crippen molar-refractivity contribution in [1.82, 2.24) is 4.98 Å². The van der Waals surface area contributed by atoms with E-state index in [4.69, 9.17) is 0 Å². The Bertz CT molecular complexity index is 1070. The molecule has 0 radical (unpaired) electrons. The molecule has 2 nitrogen and oxygen atoms in total. The Labute approximate surface area is 147 Å². The van der Waals surface area contributed by atoms with E-state index in [2.05, 4.69) is 33.0 Å². The number of nitrogens with one attached hydrogen (secondary N) is 1. The molecule has 3 heteroatoms. The molecule has 0 aliphatic rings. The highest BCUT2D eigenvalue weighted by molar-refractivity contribution is 9.10. The van der Waals surface area contributed by atoms with Gasteiger partial charge in [-0.25, -0.2) is 0 Å². The van der Waals surface area contributed by atoms with Crippen molar-refractivity contribution in [2.24, 2.45) is 0 Å². The molecule has 0 aliphatic heterocycles. The Morgan fingerprint density at radius 3 is 2.00 bits per heavy atom. The molecule has 0 atom stereocenters. The van der Waals surface area contributed by atoms with Crippen molar-refractivity contribution < 1.29 is 0 Å². The highest BCUT2D eigenvalue weighted by Gasteiger charge is 2.16. The van der Waals surface area contributed by atoms with Gasteiger partial charge in [-0.2, -0.15) is 0 Å². The lowest BCUT2D eigenvalue weighted by Gasteiger charge is -2.14. The van der Waals surface area contributed by atoms with Crippen LogP contribution in [0.2, 0.25) is 0 Å². The third-order valence-electron chi connectivity index (χ3n) is 4.12. The molecule has 1 heterocycles. The average Bonchev–Trinajstić information content (AvgIpc) is 2.63. The minimum Gasteiger partial charge on any atom is -0.321 e. The minimum absolute atomic E-state index is 0.0870. The predicted molar refractivity (Wildman–Crippen MR) is 103 cm³/mol. The van der Waals surface area contributed by atoms with E-state index in [1.807, 2.05) is 66.7 Å². The van der Waals surface area contributed by atoms with E-state index in [1.165, 1.54) is 0 Å². The molecule has 0 fully saturated rings. The van der Waals surface area contributed by atoms with Gasteiger partial charge in [0.1, 0.15) is 0 Å². The van der Waals surface area contributed by atoms with Crippen LogP contribution in [-0.2, 0) is 0 Å². The van der Waals surface area contributed by atoms with Crippen molar-refractivity contribution in [3.05, 3.63) is 93.7 Å². The minimum atomic E-state index is -0.0870. The zero-order valence-electron chi connectivity index (χ0n) is 12.8. The summed E-state index contributed by atoms with van der Waals surface area (Å²) in [5.74, 6) is 0. The van der Waals surface area contributed by atoms with Crippen molar-refractivity contribution in [2.75, 3.05) is 0 Å². The Morgan fingerprint density at radius 1 is 0.708 bits per heavy atom. The van der Waals surface area contributed by atoms with Crippen LogP contribution in [0.25, 0.3) is 33.2 Å². The van der Waals surface area contributed by atoms with Crippen molar-refractivity contribution >= 4 is 26.7 Å². The second-order valence-corrected chi connectivity index (χ2v) is 6.45. The Balaban J connectivity index is 2.19. The highest BCUT2D eigenvalue weighted by Crippen LogP contribution is 2.36. The molecule has 0 amide bonds. The molecule has 0 saturated carbocycles. The van der Waals surface area contributed by atoms with E-state index in [-0.39, 0.29) is 5.56 Å². The van der Waals surface area contributed by atoms with Gasteiger partial charge in [0, 0.05) is 10.0 Å². The fourth-order valence-corrected chi connectivity index (χ4v) is 3.61. The quantitative estimate of drug-likeness (QED) is 0.484. The van der Waals surface area contributed by atoms with Crippen LogP contribution in [0.15, 0.2) is 88.1 Å². The molecule has 4 aromatic rings. The zero-order chi connectivity index (χ0) is 16.5. The maximum Gasteiger partial charge on any atom is 0.257 e. The summed E-state index contributed by atoms with van der Waals surface area (Å²) >= 11 is 3.52. The number of H-pyrrole nitrogens is 1. The molecule has 0 spiro atoms. The van der Waals surface area contributed by atoms with Crippen LogP contribution in [-0.4, -0.2) is 4.98 Å². The summed E-state index contributed by atoms with van der Waals surface area (Å²) in [6.07, 6.45) is 0. The van der Waals surface area contributed by atoms with Crippen LogP contribution in [0.3, 0.4) is 0 Å². The van der Waals surface area contributed by atoms with Crippen molar-refractivity contribution in [3.8, 4) is 22.4 Å². The molecule has 24 heavy (non-hydrogen) atoms. The third-order valence-corrected chi connectivity index (χ3v) is 4.78. The molecule has 116 valence electrons. The Kier molecular flexibility index (Phi) is 3.79. The SMILES string of the molecule is O=c1[nH]c(-c2ccccc2)c(-c2ccccc2)c2cccc(Br)c12. The van der Waals surface area contributed by atoms with Gasteiger partial charge in [-0.05, 0) is 38.5 Å². The Morgan fingerprint density at radius 2 is 1.33 bits per heavy atom. The average molecular weight is 376 g/mol. The van der Waals surface area contributed by atoms with Gasteiger partial charge in [0.05, 0.1) is 11.1 Å². The van der Waals surface area contributed by atoms with Crippen LogP contribution >= 0.6 is 15.9 Å². The lowest BCUT2D eigenvalue weighted by atomic mass is 9.94. The number of hydrogen-bond acceptors (Lipinski definition) is 1. The second-order valence-electron chi connectivity index (χ2n) is 5.60. The smallest absolute Gasteiger partial charge is 0.257 e. The molecule has 0 unspecified atom stereocenters. The number of pyridine rings is 1. The monoisotopic (exact) mass is 375 g/mol. The van der Waals surface area contributed by atoms with Crippen LogP contribution in [0.5, 0.6) is 0 Å². The maximum absolute atomic E-state index is 12.7. The largest absolute Gasteiger partial charge is 0.321 e. The highest BCUT2D eigenvalue weighted by atomic mass is 79.9. The number of halogens is 1. The first kappa shape index (κ1) is 14.9. The van der Waals surface area contributed by atoms with E-state index >= 15 is 0 Å². The summed E-state index contributed by atoms with van der Waals surface area (Å²) in [4.78, 5) is 15.8. The molecule has 0 bridgehead atoms. The van der Waals surface area contributed by atoms with E-state index in [0.717, 1.165) is 32.2 Å². The van der Waals surface area contributed by atoms with Gasteiger partial charge in [-0.3, -0.25) is 4.79 Å². The summed E-state index contributed by atoms with van der Waals surface area (Å²) in [6, 6.07) is 26.0. The van der Waals surface area contributed by atoms with E-state index in [0.29, 0.717) is 5.39 Å². The van der Waals surface area contributed by atoms with Crippen LogP contribution in [0, 0.1) is 0 Å². The first-order valence-corrected chi connectivity index (χ1v) is 8.50. The normalized spacial score (nSPS) is 10.9. The predicted octanol–water partition coefficient (Wildman–Crippen LogP) is 5.62. The van der Waals surface area contributed by atoms with E-state index in [1.54, 1.807) is 0 Å². The molecule has 1 aromatic heterocycles. The summed E-state index contributed by atoms with van der Waals surface area (Å²) in [5, 5.41) is 1.62.